The normalized spacial score (nSPS) is 14.1. The molecule has 0 bridgehead atoms. The van der Waals surface area contributed by atoms with Crippen molar-refractivity contribution in [1.82, 2.24) is 15.1 Å². The van der Waals surface area contributed by atoms with E-state index in [2.05, 4.69) is 16.7 Å². The Hall–Kier alpha value is -2.58. The zero-order valence-electron chi connectivity index (χ0n) is 18.6. The maximum atomic E-state index is 13.4. The summed E-state index contributed by atoms with van der Waals surface area (Å²) in [6.45, 7) is 2.60. The molecule has 0 aromatic heterocycles. The van der Waals surface area contributed by atoms with Gasteiger partial charge in [0.15, 0.2) is 0 Å². The second-order valence-corrected chi connectivity index (χ2v) is 8.35. The van der Waals surface area contributed by atoms with Crippen LogP contribution in [0.15, 0.2) is 42.5 Å². The topological polar surface area (TPSA) is 47.6 Å². The second kappa shape index (κ2) is 10.8. The van der Waals surface area contributed by atoms with Crippen LogP contribution in [-0.4, -0.2) is 56.0 Å². The Bertz CT molecular complexity index is 914. The molecule has 0 atom stereocenters. The lowest BCUT2D eigenvalue weighted by molar-refractivity contribution is -0.139. The highest BCUT2D eigenvalue weighted by molar-refractivity contribution is 5.81. The zero-order chi connectivity index (χ0) is 23.1. The van der Waals surface area contributed by atoms with Crippen molar-refractivity contribution in [2.45, 2.75) is 32.1 Å². The van der Waals surface area contributed by atoms with Crippen LogP contribution in [0.4, 0.5) is 18.9 Å². The molecule has 1 aliphatic rings. The summed E-state index contributed by atoms with van der Waals surface area (Å²) in [5.74, 6) is -0.229. The minimum atomic E-state index is -4.46. The minimum Gasteiger partial charge on any atom is -0.376 e. The van der Waals surface area contributed by atoms with Crippen molar-refractivity contribution in [3.8, 4) is 0 Å². The Kier molecular flexibility index (Phi) is 8.15. The molecule has 2 aromatic carbocycles. The summed E-state index contributed by atoms with van der Waals surface area (Å²) in [6, 6.07) is 11.5. The molecule has 0 radical (unpaired) electrons. The number of fused-ring (bicyclic) bond motifs is 1. The van der Waals surface area contributed by atoms with E-state index in [4.69, 9.17) is 0 Å². The van der Waals surface area contributed by atoms with Crippen LogP contribution in [0.2, 0.25) is 0 Å². The predicted molar refractivity (Wildman–Crippen MR) is 120 cm³/mol. The largest absolute Gasteiger partial charge is 0.416 e. The average molecular weight is 449 g/mol. The van der Waals surface area contributed by atoms with Gasteiger partial charge in [0.1, 0.15) is 0 Å². The van der Waals surface area contributed by atoms with Crippen LogP contribution in [0, 0.1) is 0 Å². The Labute approximate surface area is 187 Å². The summed E-state index contributed by atoms with van der Waals surface area (Å²) in [6.07, 6.45) is -2.52. The highest BCUT2D eigenvalue weighted by Crippen LogP contribution is 2.32. The first kappa shape index (κ1) is 24.1. The standard InChI is InChI=1S/C24H31F3N4O/c1-30(2)13-14-31(17-19-7-3-4-10-21(19)24(25,26)27)23(32)16-29-22-11-5-8-18-15-28-12-6-9-20(18)22/h3-5,7-8,10-11,28-29H,6,9,12-17H2,1-2H3. The Morgan fingerprint density at radius 2 is 1.88 bits per heavy atom. The third-order valence-corrected chi connectivity index (χ3v) is 5.65. The molecule has 5 nitrogen and oxygen atoms in total. The molecule has 174 valence electrons. The zero-order valence-corrected chi connectivity index (χ0v) is 18.6. The first-order valence-electron chi connectivity index (χ1n) is 10.9. The SMILES string of the molecule is CN(C)CCN(Cc1ccccc1C(F)(F)F)C(=O)CNc1cccc2c1CCCNC2. The number of rotatable bonds is 8. The van der Waals surface area contributed by atoms with Crippen molar-refractivity contribution >= 4 is 11.6 Å². The molecule has 1 aliphatic heterocycles. The number of nitrogens with one attached hydrogen (secondary N) is 2. The number of carbonyl (C=O) groups excluding carboxylic acids is 1. The van der Waals surface area contributed by atoms with Crippen LogP contribution >= 0.6 is 0 Å². The number of halogens is 3. The molecule has 0 spiro atoms. The molecule has 3 rings (SSSR count). The molecule has 32 heavy (non-hydrogen) atoms. The first-order valence-corrected chi connectivity index (χ1v) is 10.9. The maximum Gasteiger partial charge on any atom is 0.416 e. The summed E-state index contributed by atoms with van der Waals surface area (Å²) in [5, 5.41) is 6.63. The molecule has 2 aromatic rings. The Morgan fingerprint density at radius 1 is 1.09 bits per heavy atom. The van der Waals surface area contributed by atoms with Gasteiger partial charge in [0, 0.05) is 31.9 Å². The summed E-state index contributed by atoms with van der Waals surface area (Å²) >= 11 is 0. The number of hydrogen-bond acceptors (Lipinski definition) is 4. The van der Waals surface area contributed by atoms with Gasteiger partial charge in [0.2, 0.25) is 5.91 Å². The van der Waals surface area contributed by atoms with Gasteiger partial charge in [0.25, 0.3) is 0 Å². The summed E-state index contributed by atoms with van der Waals surface area (Å²) in [7, 11) is 3.75. The van der Waals surface area contributed by atoms with Crippen molar-refractivity contribution in [3.63, 3.8) is 0 Å². The molecule has 1 amide bonds. The lowest BCUT2D eigenvalue weighted by Gasteiger charge is -2.26. The Morgan fingerprint density at radius 3 is 2.62 bits per heavy atom. The van der Waals surface area contributed by atoms with Crippen LogP contribution in [0.25, 0.3) is 0 Å². The molecule has 8 heteroatoms. The van der Waals surface area contributed by atoms with Crippen LogP contribution in [0.1, 0.15) is 28.7 Å². The van der Waals surface area contributed by atoms with Gasteiger partial charge >= 0.3 is 6.18 Å². The number of anilines is 1. The van der Waals surface area contributed by atoms with Crippen LogP contribution in [0.5, 0.6) is 0 Å². The third-order valence-electron chi connectivity index (χ3n) is 5.65. The van der Waals surface area contributed by atoms with Crippen LogP contribution < -0.4 is 10.6 Å². The van der Waals surface area contributed by atoms with Gasteiger partial charge in [0.05, 0.1) is 12.1 Å². The molecular weight excluding hydrogens is 417 g/mol. The van der Waals surface area contributed by atoms with E-state index in [9.17, 15) is 18.0 Å². The van der Waals surface area contributed by atoms with Gasteiger partial charge in [-0.25, -0.2) is 0 Å². The van der Waals surface area contributed by atoms with Crippen molar-refractivity contribution in [3.05, 3.63) is 64.7 Å². The van der Waals surface area contributed by atoms with Gasteiger partial charge in [-0.2, -0.15) is 13.2 Å². The number of hydrogen-bond donors (Lipinski definition) is 2. The van der Waals surface area contributed by atoms with Gasteiger partial charge < -0.3 is 20.4 Å². The smallest absolute Gasteiger partial charge is 0.376 e. The number of carbonyl (C=O) groups is 1. The third kappa shape index (κ3) is 6.46. The lowest BCUT2D eigenvalue weighted by Crippen LogP contribution is -2.39. The molecule has 0 saturated heterocycles. The van der Waals surface area contributed by atoms with Crippen LogP contribution in [0.3, 0.4) is 0 Å². The van der Waals surface area contributed by atoms with Crippen molar-refractivity contribution in [2.24, 2.45) is 0 Å². The minimum absolute atomic E-state index is 0.0332. The van der Waals surface area contributed by atoms with E-state index in [1.807, 2.05) is 31.1 Å². The number of alkyl halides is 3. The van der Waals surface area contributed by atoms with Gasteiger partial charge in [-0.1, -0.05) is 30.3 Å². The van der Waals surface area contributed by atoms with E-state index in [-0.39, 0.29) is 24.6 Å². The quantitative estimate of drug-likeness (QED) is 0.646. The van der Waals surface area contributed by atoms with E-state index in [1.165, 1.54) is 28.2 Å². The fourth-order valence-electron chi connectivity index (χ4n) is 3.91. The Balaban J connectivity index is 1.75. The summed E-state index contributed by atoms with van der Waals surface area (Å²) in [5.41, 5.74) is 2.74. The lowest BCUT2D eigenvalue weighted by atomic mass is 10.0. The fraction of sp³-hybridized carbons (Fsp3) is 0.458. The molecule has 0 unspecified atom stereocenters. The number of amides is 1. The number of likely N-dealkylation sites (N-methyl/N-ethyl adjacent to an activating group) is 1. The van der Waals surface area contributed by atoms with Crippen molar-refractivity contribution in [2.75, 3.05) is 45.6 Å². The molecule has 0 aliphatic carbocycles. The van der Waals surface area contributed by atoms with Crippen molar-refractivity contribution in [1.29, 1.82) is 0 Å². The molecular formula is C24H31F3N4O. The maximum absolute atomic E-state index is 13.4. The first-order chi connectivity index (χ1) is 15.3. The summed E-state index contributed by atoms with van der Waals surface area (Å²) in [4.78, 5) is 16.5. The van der Waals surface area contributed by atoms with E-state index in [1.54, 1.807) is 6.07 Å². The predicted octanol–water partition coefficient (Wildman–Crippen LogP) is 3.74. The number of benzene rings is 2. The molecule has 0 saturated carbocycles. The van der Waals surface area contributed by atoms with Crippen molar-refractivity contribution < 1.29 is 18.0 Å². The average Bonchev–Trinajstić information content (AvgIpc) is 3.00. The molecule has 1 heterocycles. The highest BCUT2D eigenvalue weighted by Gasteiger charge is 2.33. The van der Waals surface area contributed by atoms with E-state index in [0.29, 0.717) is 13.1 Å². The van der Waals surface area contributed by atoms with E-state index in [0.717, 1.165) is 37.7 Å². The van der Waals surface area contributed by atoms with Gasteiger partial charge in [-0.05, 0) is 62.3 Å². The van der Waals surface area contributed by atoms with Gasteiger partial charge in [-0.3, -0.25) is 4.79 Å². The number of nitrogens with zero attached hydrogens (tertiary/aromatic N) is 2. The molecule has 2 N–H and O–H groups in total. The van der Waals surface area contributed by atoms with E-state index < -0.39 is 11.7 Å². The fourth-order valence-corrected chi connectivity index (χ4v) is 3.91. The van der Waals surface area contributed by atoms with E-state index >= 15 is 0 Å². The monoisotopic (exact) mass is 448 g/mol. The highest BCUT2D eigenvalue weighted by atomic mass is 19.4. The second-order valence-electron chi connectivity index (χ2n) is 8.35. The van der Waals surface area contributed by atoms with Crippen LogP contribution in [-0.2, 0) is 30.5 Å². The van der Waals surface area contributed by atoms with Gasteiger partial charge in [-0.15, -0.1) is 0 Å². The summed E-state index contributed by atoms with van der Waals surface area (Å²) < 4.78 is 40.3. The molecule has 0 fully saturated rings.